The van der Waals surface area contributed by atoms with Gasteiger partial charge in [-0.3, -0.25) is 9.59 Å². The maximum atomic E-state index is 12.1. The summed E-state index contributed by atoms with van der Waals surface area (Å²) in [5, 5.41) is 10.1. The molecule has 2 rings (SSSR count). The predicted octanol–water partition coefficient (Wildman–Crippen LogP) is 3.33. The van der Waals surface area contributed by atoms with Crippen LogP contribution in [0.15, 0.2) is 24.3 Å². The molecule has 0 spiro atoms. The molecule has 6 heteroatoms. The van der Waals surface area contributed by atoms with Crippen molar-refractivity contribution in [2.75, 3.05) is 13.1 Å². The fraction of sp³-hybridized carbons (Fsp3) is 0.333. The summed E-state index contributed by atoms with van der Waals surface area (Å²) in [5.41, 5.74) is 0.657. The third-order valence-electron chi connectivity index (χ3n) is 3.45. The third-order valence-corrected chi connectivity index (χ3v) is 4.03. The Hall–Kier alpha value is -1.52. The number of likely N-dealkylation sites (tertiary alicyclic amines) is 1. The van der Waals surface area contributed by atoms with Crippen LogP contribution < -0.4 is 0 Å². The summed E-state index contributed by atoms with van der Waals surface area (Å²) >= 11 is 11.9. The Morgan fingerprint density at radius 2 is 2.10 bits per heavy atom. The summed E-state index contributed by atoms with van der Waals surface area (Å²) < 4.78 is 0. The van der Waals surface area contributed by atoms with Crippen LogP contribution in [0.25, 0.3) is 6.08 Å². The Bertz CT molecular complexity index is 586. The van der Waals surface area contributed by atoms with Crippen LogP contribution in [0.5, 0.6) is 0 Å². The molecular weight excluding hydrogens is 313 g/mol. The normalized spacial score (nSPS) is 19.0. The number of halogens is 2. The number of benzene rings is 1. The fourth-order valence-electron chi connectivity index (χ4n) is 2.29. The maximum absolute atomic E-state index is 12.1. The fourth-order valence-corrected chi connectivity index (χ4v) is 2.65. The lowest BCUT2D eigenvalue weighted by Gasteiger charge is -2.29. The number of hydrogen-bond donors (Lipinski definition) is 1. The molecule has 0 bridgehead atoms. The minimum atomic E-state index is -0.852. The van der Waals surface area contributed by atoms with Crippen molar-refractivity contribution in [3.8, 4) is 0 Å². The van der Waals surface area contributed by atoms with E-state index in [1.165, 1.54) is 6.08 Å². The van der Waals surface area contributed by atoms with E-state index in [-0.39, 0.29) is 12.5 Å². The first-order chi connectivity index (χ1) is 9.97. The molecule has 0 unspecified atom stereocenters. The van der Waals surface area contributed by atoms with Crippen molar-refractivity contribution in [2.45, 2.75) is 12.8 Å². The highest BCUT2D eigenvalue weighted by molar-refractivity contribution is 6.34. The van der Waals surface area contributed by atoms with E-state index in [9.17, 15) is 9.59 Å². The van der Waals surface area contributed by atoms with Gasteiger partial charge in [-0.15, -0.1) is 0 Å². The molecule has 1 heterocycles. The van der Waals surface area contributed by atoms with E-state index in [0.29, 0.717) is 35.0 Å². The number of piperidine rings is 1. The van der Waals surface area contributed by atoms with Crippen molar-refractivity contribution in [3.63, 3.8) is 0 Å². The zero-order valence-corrected chi connectivity index (χ0v) is 12.8. The standard InChI is InChI=1S/C15H15Cl2NO3/c16-12-4-5-13(17)10(8-12)3-6-14(19)18-7-1-2-11(9-18)15(20)21/h3-6,8,11H,1-2,7,9H2,(H,20,21)/b6-3+/t11-/m0/s1. The monoisotopic (exact) mass is 327 g/mol. The summed E-state index contributed by atoms with van der Waals surface area (Å²) in [6.07, 6.45) is 4.32. The molecule has 112 valence electrons. The minimum absolute atomic E-state index is 0.211. The van der Waals surface area contributed by atoms with Gasteiger partial charge in [0, 0.05) is 29.2 Å². The molecule has 1 amide bonds. The Labute approximate surface area is 133 Å². The summed E-state index contributed by atoms with van der Waals surface area (Å²) in [4.78, 5) is 24.7. The van der Waals surface area contributed by atoms with Gasteiger partial charge in [0.15, 0.2) is 0 Å². The zero-order chi connectivity index (χ0) is 15.4. The van der Waals surface area contributed by atoms with Crippen LogP contribution in [0.4, 0.5) is 0 Å². The number of rotatable bonds is 3. The number of carboxylic acids is 1. The second kappa shape index (κ2) is 6.96. The van der Waals surface area contributed by atoms with Crippen molar-refractivity contribution in [1.82, 2.24) is 4.90 Å². The molecule has 0 aromatic heterocycles. The number of hydrogen-bond acceptors (Lipinski definition) is 2. The molecule has 0 saturated carbocycles. The number of carbonyl (C=O) groups is 2. The first kappa shape index (κ1) is 15.9. The summed E-state index contributed by atoms with van der Waals surface area (Å²) in [7, 11) is 0. The molecule has 1 aliphatic rings. The van der Waals surface area contributed by atoms with Crippen LogP contribution in [0, 0.1) is 5.92 Å². The van der Waals surface area contributed by atoms with E-state index in [2.05, 4.69) is 0 Å². The highest BCUT2D eigenvalue weighted by atomic mass is 35.5. The molecule has 1 atom stereocenters. The van der Waals surface area contributed by atoms with Crippen molar-refractivity contribution in [2.24, 2.45) is 5.92 Å². The van der Waals surface area contributed by atoms with Crippen LogP contribution in [-0.4, -0.2) is 35.0 Å². The van der Waals surface area contributed by atoms with Gasteiger partial charge in [0.1, 0.15) is 0 Å². The van der Waals surface area contributed by atoms with Crippen LogP contribution in [-0.2, 0) is 9.59 Å². The molecule has 1 aromatic rings. The second-order valence-electron chi connectivity index (χ2n) is 4.96. The SMILES string of the molecule is O=C(O)[C@H]1CCCN(C(=O)/C=C/c2cc(Cl)ccc2Cl)C1. The van der Waals surface area contributed by atoms with Crippen molar-refractivity contribution >= 4 is 41.2 Å². The quantitative estimate of drug-likeness (QED) is 0.866. The molecule has 1 N–H and O–H groups in total. The smallest absolute Gasteiger partial charge is 0.308 e. The highest BCUT2D eigenvalue weighted by Gasteiger charge is 2.27. The number of nitrogens with zero attached hydrogens (tertiary/aromatic N) is 1. The van der Waals surface area contributed by atoms with Crippen molar-refractivity contribution in [1.29, 1.82) is 0 Å². The number of aliphatic carboxylic acids is 1. The summed E-state index contributed by atoms with van der Waals surface area (Å²) in [6, 6.07) is 5.00. The van der Waals surface area contributed by atoms with E-state index in [1.54, 1.807) is 29.2 Å². The Morgan fingerprint density at radius 1 is 1.33 bits per heavy atom. The van der Waals surface area contributed by atoms with Gasteiger partial charge in [0.25, 0.3) is 0 Å². The van der Waals surface area contributed by atoms with E-state index < -0.39 is 11.9 Å². The zero-order valence-electron chi connectivity index (χ0n) is 11.3. The summed E-state index contributed by atoms with van der Waals surface area (Å²) in [5.74, 6) is -1.54. The lowest BCUT2D eigenvalue weighted by molar-refractivity contribution is -0.144. The van der Waals surface area contributed by atoms with Gasteiger partial charge in [-0.2, -0.15) is 0 Å². The van der Waals surface area contributed by atoms with E-state index in [4.69, 9.17) is 28.3 Å². The highest BCUT2D eigenvalue weighted by Crippen LogP contribution is 2.22. The molecule has 0 radical (unpaired) electrons. The van der Waals surface area contributed by atoms with Crippen LogP contribution >= 0.6 is 23.2 Å². The van der Waals surface area contributed by atoms with Gasteiger partial charge >= 0.3 is 5.97 Å². The van der Waals surface area contributed by atoms with E-state index >= 15 is 0 Å². The average Bonchev–Trinajstić information content (AvgIpc) is 2.48. The van der Waals surface area contributed by atoms with Crippen molar-refractivity contribution < 1.29 is 14.7 Å². The summed E-state index contributed by atoms with van der Waals surface area (Å²) in [6.45, 7) is 0.831. The lowest BCUT2D eigenvalue weighted by Crippen LogP contribution is -2.41. The Kier molecular flexibility index (Phi) is 5.26. The number of carbonyl (C=O) groups excluding carboxylic acids is 1. The van der Waals surface area contributed by atoms with Crippen LogP contribution in [0.1, 0.15) is 18.4 Å². The van der Waals surface area contributed by atoms with Crippen LogP contribution in [0.2, 0.25) is 10.0 Å². The maximum Gasteiger partial charge on any atom is 0.308 e. The molecule has 1 fully saturated rings. The lowest BCUT2D eigenvalue weighted by atomic mass is 9.98. The first-order valence-electron chi connectivity index (χ1n) is 6.62. The third kappa shape index (κ3) is 4.22. The first-order valence-corrected chi connectivity index (χ1v) is 7.38. The minimum Gasteiger partial charge on any atom is -0.481 e. The molecule has 1 aliphatic heterocycles. The van der Waals surface area contributed by atoms with Crippen molar-refractivity contribution in [3.05, 3.63) is 39.9 Å². The van der Waals surface area contributed by atoms with Gasteiger partial charge in [-0.1, -0.05) is 23.2 Å². The molecule has 1 saturated heterocycles. The van der Waals surface area contributed by atoms with Gasteiger partial charge in [0.05, 0.1) is 5.92 Å². The second-order valence-corrected chi connectivity index (χ2v) is 5.80. The van der Waals surface area contributed by atoms with E-state index in [1.807, 2.05) is 0 Å². The molecule has 21 heavy (non-hydrogen) atoms. The molecule has 0 aliphatic carbocycles. The molecule has 4 nitrogen and oxygen atoms in total. The molecular formula is C15H15Cl2NO3. The number of carboxylic acid groups (broad SMARTS) is 1. The Balaban J connectivity index is 2.05. The van der Waals surface area contributed by atoms with E-state index in [0.717, 1.165) is 0 Å². The van der Waals surface area contributed by atoms with Gasteiger partial charge < -0.3 is 10.0 Å². The average molecular weight is 328 g/mol. The van der Waals surface area contributed by atoms with Crippen LogP contribution in [0.3, 0.4) is 0 Å². The van der Waals surface area contributed by atoms with Gasteiger partial charge in [0.2, 0.25) is 5.91 Å². The molecule has 1 aromatic carbocycles. The largest absolute Gasteiger partial charge is 0.481 e. The number of amides is 1. The van der Waals surface area contributed by atoms with Gasteiger partial charge in [-0.05, 0) is 42.7 Å². The predicted molar refractivity (Wildman–Crippen MR) is 82.4 cm³/mol. The Morgan fingerprint density at radius 3 is 2.81 bits per heavy atom. The van der Waals surface area contributed by atoms with Gasteiger partial charge in [-0.25, -0.2) is 0 Å². The topological polar surface area (TPSA) is 57.6 Å².